The molecule has 3 N–H and O–H groups in total. The molecule has 3 amide bonds. The van der Waals surface area contributed by atoms with E-state index in [9.17, 15) is 9.59 Å². The van der Waals surface area contributed by atoms with Gasteiger partial charge < -0.3 is 20.9 Å². The van der Waals surface area contributed by atoms with Crippen LogP contribution in [0.15, 0.2) is 36.4 Å². The minimum atomic E-state index is -0.323. The van der Waals surface area contributed by atoms with Crippen LogP contribution in [-0.2, 0) is 0 Å². The zero-order valence-corrected chi connectivity index (χ0v) is 17.5. The van der Waals surface area contributed by atoms with Crippen molar-refractivity contribution < 1.29 is 9.59 Å². The number of nitrogens with zero attached hydrogens (tertiary/aromatic N) is 1. The largest absolute Gasteiger partial charge is 0.371 e. The average Bonchev–Trinajstić information content (AvgIpc) is 3.23. The second-order valence-corrected chi connectivity index (χ2v) is 7.53. The minimum absolute atomic E-state index is 0.104. The van der Waals surface area contributed by atoms with Crippen LogP contribution in [0.25, 0.3) is 0 Å². The van der Waals surface area contributed by atoms with Gasteiger partial charge in [-0.3, -0.25) is 4.79 Å². The summed E-state index contributed by atoms with van der Waals surface area (Å²) in [6.07, 6.45) is 3.14. The first kappa shape index (κ1) is 20.7. The Morgan fingerprint density at radius 1 is 1.00 bits per heavy atom. The molecular formula is C23H30N4O2. The van der Waals surface area contributed by atoms with Crippen molar-refractivity contribution in [1.29, 1.82) is 0 Å². The SMILES string of the molecule is CCCNC(=O)c1cc(NC(=O)Nc2c(C)cccc2C)ccc1N1CCCC1. The third-order valence-corrected chi connectivity index (χ3v) is 5.20. The Morgan fingerprint density at radius 3 is 2.34 bits per heavy atom. The van der Waals surface area contributed by atoms with Gasteiger partial charge in [-0.05, 0) is 62.4 Å². The summed E-state index contributed by atoms with van der Waals surface area (Å²) in [4.78, 5) is 27.5. The van der Waals surface area contributed by atoms with Gasteiger partial charge in [0, 0.05) is 36.7 Å². The molecule has 1 fully saturated rings. The van der Waals surface area contributed by atoms with Gasteiger partial charge in [0.1, 0.15) is 0 Å². The van der Waals surface area contributed by atoms with Crippen LogP contribution in [0.1, 0.15) is 47.7 Å². The molecule has 0 bridgehead atoms. The van der Waals surface area contributed by atoms with E-state index < -0.39 is 0 Å². The standard InChI is InChI=1S/C23H30N4O2/c1-4-12-24-22(28)19-15-18(10-11-20(19)27-13-5-6-14-27)25-23(29)26-21-16(2)8-7-9-17(21)3/h7-11,15H,4-6,12-14H2,1-3H3,(H,24,28)(H2,25,26,29). The van der Waals surface area contributed by atoms with E-state index in [1.165, 1.54) is 0 Å². The third kappa shape index (κ3) is 5.08. The molecule has 0 aromatic heterocycles. The first-order chi connectivity index (χ1) is 14.0. The lowest BCUT2D eigenvalue weighted by Crippen LogP contribution is -2.28. The number of hydrogen-bond donors (Lipinski definition) is 3. The highest BCUT2D eigenvalue weighted by molar-refractivity contribution is 6.04. The van der Waals surface area contributed by atoms with E-state index >= 15 is 0 Å². The molecule has 6 heteroatoms. The number of para-hydroxylation sites is 1. The monoisotopic (exact) mass is 394 g/mol. The van der Waals surface area contributed by atoms with Gasteiger partial charge in [-0.25, -0.2) is 4.79 Å². The van der Waals surface area contributed by atoms with Gasteiger partial charge in [-0.2, -0.15) is 0 Å². The molecule has 1 saturated heterocycles. The van der Waals surface area contributed by atoms with E-state index in [4.69, 9.17) is 0 Å². The quantitative estimate of drug-likeness (QED) is 0.666. The van der Waals surface area contributed by atoms with Gasteiger partial charge in [-0.1, -0.05) is 25.1 Å². The molecule has 154 valence electrons. The number of urea groups is 1. The third-order valence-electron chi connectivity index (χ3n) is 5.20. The Kier molecular flexibility index (Phi) is 6.75. The summed E-state index contributed by atoms with van der Waals surface area (Å²) < 4.78 is 0. The van der Waals surface area contributed by atoms with Crippen molar-refractivity contribution in [2.75, 3.05) is 35.2 Å². The highest BCUT2D eigenvalue weighted by atomic mass is 16.2. The molecule has 2 aromatic rings. The fourth-order valence-corrected chi connectivity index (χ4v) is 3.65. The van der Waals surface area contributed by atoms with E-state index in [-0.39, 0.29) is 11.9 Å². The molecule has 2 aromatic carbocycles. The second-order valence-electron chi connectivity index (χ2n) is 7.53. The summed E-state index contributed by atoms with van der Waals surface area (Å²) in [5, 5.41) is 8.74. The highest BCUT2D eigenvalue weighted by Crippen LogP contribution is 2.28. The van der Waals surface area contributed by atoms with Crippen LogP contribution in [0.3, 0.4) is 0 Å². The fourth-order valence-electron chi connectivity index (χ4n) is 3.65. The van der Waals surface area contributed by atoms with E-state index in [1.807, 2.05) is 51.1 Å². The summed E-state index contributed by atoms with van der Waals surface area (Å²) in [7, 11) is 0. The Hall–Kier alpha value is -3.02. The number of hydrogen-bond acceptors (Lipinski definition) is 3. The van der Waals surface area contributed by atoms with Crippen LogP contribution < -0.4 is 20.9 Å². The summed E-state index contributed by atoms with van der Waals surface area (Å²) in [5.74, 6) is -0.104. The number of carbonyl (C=O) groups is 2. The van der Waals surface area contributed by atoms with Crippen molar-refractivity contribution in [2.45, 2.75) is 40.0 Å². The summed E-state index contributed by atoms with van der Waals surface area (Å²) in [5.41, 5.74) is 4.94. The van der Waals surface area contributed by atoms with Crippen molar-refractivity contribution in [3.63, 3.8) is 0 Å². The van der Waals surface area contributed by atoms with Crippen LogP contribution in [0.2, 0.25) is 0 Å². The lowest BCUT2D eigenvalue weighted by molar-refractivity contribution is 0.0954. The number of nitrogens with one attached hydrogen (secondary N) is 3. The van der Waals surface area contributed by atoms with E-state index in [0.29, 0.717) is 17.8 Å². The van der Waals surface area contributed by atoms with Crippen LogP contribution in [0, 0.1) is 13.8 Å². The van der Waals surface area contributed by atoms with E-state index in [1.54, 1.807) is 6.07 Å². The van der Waals surface area contributed by atoms with Crippen molar-refractivity contribution >= 4 is 29.0 Å². The number of anilines is 3. The van der Waals surface area contributed by atoms with Crippen molar-refractivity contribution in [1.82, 2.24) is 5.32 Å². The molecule has 0 saturated carbocycles. The molecule has 0 unspecified atom stereocenters. The number of rotatable bonds is 6. The topological polar surface area (TPSA) is 73.5 Å². The second kappa shape index (κ2) is 9.45. The molecule has 0 atom stereocenters. The molecule has 29 heavy (non-hydrogen) atoms. The van der Waals surface area contributed by atoms with Gasteiger partial charge in [0.05, 0.1) is 5.56 Å². The molecule has 6 nitrogen and oxygen atoms in total. The first-order valence-corrected chi connectivity index (χ1v) is 10.3. The maximum Gasteiger partial charge on any atom is 0.323 e. The Bertz CT molecular complexity index is 868. The van der Waals surface area contributed by atoms with Crippen molar-refractivity contribution in [3.05, 3.63) is 53.1 Å². The zero-order chi connectivity index (χ0) is 20.8. The smallest absolute Gasteiger partial charge is 0.323 e. The molecule has 0 spiro atoms. The van der Waals surface area contributed by atoms with Gasteiger partial charge >= 0.3 is 6.03 Å². The normalized spacial score (nSPS) is 13.3. The summed E-state index contributed by atoms with van der Waals surface area (Å²) >= 11 is 0. The molecule has 0 radical (unpaired) electrons. The van der Waals surface area contributed by atoms with Gasteiger partial charge in [0.2, 0.25) is 0 Å². The van der Waals surface area contributed by atoms with Gasteiger partial charge in [0.15, 0.2) is 0 Å². The molecular weight excluding hydrogens is 364 g/mol. The zero-order valence-electron chi connectivity index (χ0n) is 17.5. The molecule has 0 aliphatic carbocycles. The van der Waals surface area contributed by atoms with E-state index in [2.05, 4.69) is 20.9 Å². The molecule has 1 aliphatic rings. The van der Waals surface area contributed by atoms with Crippen LogP contribution in [0.4, 0.5) is 21.9 Å². The molecule has 3 rings (SSSR count). The predicted octanol–water partition coefficient (Wildman–Crippen LogP) is 4.69. The lowest BCUT2D eigenvalue weighted by Gasteiger charge is -2.22. The van der Waals surface area contributed by atoms with Crippen LogP contribution in [-0.4, -0.2) is 31.6 Å². The van der Waals surface area contributed by atoms with Crippen LogP contribution in [0.5, 0.6) is 0 Å². The summed E-state index contributed by atoms with van der Waals surface area (Å²) in [6, 6.07) is 11.1. The lowest BCUT2D eigenvalue weighted by atomic mass is 10.1. The maximum atomic E-state index is 12.7. The van der Waals surface area contributed by atoms with Crippen molar-refractivity contribution in [3.8, 4) is 0 Å². The number of carbonyl (C=O) groups excluding carboxylic acids is 2. The summed E-state index contributed by atoms with van der Waals surface area (Å²) in [6.45, 7) is 8.48. The number of amides is 3. The Labute approximate surface area is 172 Å². The number of aryl methyl sites for hydroxylation is 2. The fraction of sp³-hybridized carbons (Fsp3) is 0.391. The Morgan fingerprint density at radius 2 is 1.69 bits per heavy atom. The van der Waals surface area contributed by atoms with E-state index in [0.717, 1.165) is 54.9 Å². The minimum Gasteiger partial charge on any atom is -0.371 e. The average molecular weight is 395 g/mol. The van der Waals surface area contributed by atoms with Gasteiger partial charge in [0.25, 0.3) is 5.91 Å². The molecule has 1 aliphatic heterocycles. The maximum absolute atomic E-state index is 12.7. The molecule has 1 heterocycles. The predicted molar refractivity (Wildman–Crippen MR) is 119 cm³/mol. The Balaban J connectivity index is 1.80. The first-order valence-electron chi connectivity index (χ1n) is 10.3. The highest BCUT2D eigenvalue weighted by Gasteiger charge is 2.20. The van der Waals surface area contributed by atoms with Crippen LogP contribution >= 0.6 is 0 Å². The van der Waals surface area contributed by atoms with Gasteiger partial charge in [-0.15, -0.1) is 0 Å². The number of benzene rings is 2. The van der Waals surface area contributed by atoms with Crippen molar-refractivity contribution in [2.24, 2.45) is 0 Å².